The summed E-state index contributed by atoms with van der Waals surface area (Å²) in [6, 6.07) is 8.92. The van der Waals surface area contributed by atoms with Gasteiger partial charge in [0.2, 0.25) is 0 Å². The third-order valence-corrected chi connectivity index (χ3v) is 4.56. The first-order chi connectivity index (χ1) is 13.9. The number of rotatable bonds is 4. The quantitative estimate of drug-likeness (QED) is 0.395. The van der Waals surface area contributed by atoms with Crippen molar-refractivity contribution in [2.24, 2.45) is 0 Å². The zero-order valence-electron chi connectivity index (χ0n) is 15.3. The number of nitrogens with zero attached hydrogens (tertiary/aromatic N) is 2. The molecule has 0 saturated carbocycles. The van der Waals surface area contributed by atoms with Gasteiger partial charge in [0, 0.05) is 41.4 Å². The Bertz CT molecular complexity index is 1290. The molecule has 2 radical (unpaired) electrons. The number of benzene rings is 1. The van der Waals surface area contributed by atoms with E-state index >= 15 is 0 Å². The van der Waals surface area contributed by atoms with Crippen LogP contribution < -0.4 is 16.0 Å². The van der Waals surface area contributed by atoms with E-state index in [1.54, 1.807) is 19.1 Å². The van der Waals surface area contributed by atoms with Crippen molar-refractivity contribution in [2.45, 2.75) is 13.3 Å². The lowest BCUT2D eigenvalue weighted by Crippen LogP contribution is -2.18. The second-order valence-electron chi connectivity index (χ2n) is 6.39. The van der Waals surface area contributed by atoms with E-state index < -0.39 is 17.3 Å². The molecule has 0 aliphatic rings. The SMILES string of the molecule is [B]c1nccc(Cc2c(C)c3ccc(Oc4ncccc4F)cc3oc2=O)c1F. The van der Waals surface area contributed by atoms with E-state index in [-0.39, 0.29) is 34.8 Å². The van der Waals surface area contributed by atoms with E-state index in [9.17, 15) is 13.6 Å². The summed E-state index contributed by atoms with van der Waals surface area (Å²) < 4.78 is 38.8. The Morgan fingerprint density at radius 3 is 2.76 bits per heavy atom. The predicted molar refractivity (Wildman–Crippen MR) is 104 cm³/mol. The van der Waals surface area contributed by atoms with Crippen LogP contribution in [0.1, 0.15) is 16.7 Å². The fourth-order valence-corrected chi connectivity index (χ4v) is 3.03. The standard InChI is InChI=1S/C21H13BF2N2O3/c1-11-14-5-4-13(28-20-16(23)3-2-7-26-20)10-17(14)29-21(27)15(11)9-12-6-8-25-19(22)18(12)24/h2-8,10H,9H2,1H3. The average Bonchev–Trinajstić information content (AvgIpc) is 2.70. The Labute approximate surface area is 165 Å². The summed E-state index contributed by atoms with van der Waals surface area (Å²) in [4.78, 5) is 20.0. The van der Waals surface area contributed by atoms with E-state index in [1.807, 2.05) is 0 Å². The monoisotopic (exact) mass is 390 g/mol. The van der Waals surface area contributed by atoms with Crippen molar-refractivity contribution in [1.29, 1.82) is 0 Å². The second-order valence-corrected chi connectivity index (χ2v) is 6.39. The van der Waals surface area contributed by atoms with Gasteiger partial charge < -0.3 is 9.15 Å². The summed E-state index contributed by atoms with van der Waals surface area (Å²) in [6.45, 7) is 1.75. The fraction of sp³-hybridized carbons (Fsp3) is 0.0952. The normalized spacial score (nSPS) is 11.0. The number of ether oxygens (including phenoxy) is 1. The van der Waals surface area contributed by atoms with Gasteiger partial charge in [-0.25, -0.2) is 18.6 Å². The molecule has 0 unspecified atom stereocenters. The van der Waals surface area contributed by atoms with Crippen LogP contribution >= 0.6 is 0 Å². The molecule has 4 aromatic rings. The minimum atomic E-state index is -0.660. The highest BCUT2D eigenvalue weighted by atomic mass is 19.1. The molecule has 0 amide bonds. The molecule has 0 aliphatic carbocycles. The molecule has 0 fully saturated rings. The molecule has 29 heavy (non-hydrogen) atoms. The second kappa shape index (κ2) is 7.46. The maximum atomic E-state index is 14.2. The van der Waals surface area contributed by atoms with Crippen molar-refractivity contribution in [3.63, 3.8) is 0 Å². The highest BCUT2D eigenvalue weighted by Gasteiger charge is 2.16. The number of pyridine rings is 2. The zero-order chi connectivity index (χ0) is 20.5. The molecule has 1 aromatic carbocycles. The van der Waals surface area contributed by atoms with Crippen molar-refractivity contribution < 1.29 is 17.9 Å². The molecule has 8 heteroatoms. The van der Waals surface area contributed by atoms with Gasteiger partial charge in [-0.05, 0) is 48.4 Å². The molecule has 0 aliphatic heterocycles. The van der Waals surface area contributed by atoms with Gasteiger partial charge in [-0.2, -0.15) is 0 Å². The molecular formula is C21H13BF2N2O3. The summed E-state index contributed by atoms with van der Waals surface area (Å²) >= 11 is 0. The summed E-state index contributed by atoms with van der Waals surface area (Å²) in [6.07, 6.45) is 2.80. The van der Waals surface area contributed by atoms with E-state index in [0.29, 0.717) is 16.5 Å². The van der Waals surface area contributed by atoms with Crippen LogP contribution in [0.15, 0.2) is 58.0 Å². The van der Waals surface area contributed by atoms with Crippen LogP contribution in [0, 0.1) is 18.6 Å². The topological polar surface area (TPSA) is 65.2 Å². The van der Waals surface area contributed by atoms with Gasteiger partial charge in [0.05, 0.1) is 0 Å². The fourth-order valence-electron chi connectivity index (χ4n) is 3.03. The van der Waals surface area contributed by atoms with Crippen molar-refractivity contribution in [3.05, 3.63) is 87.5 Å². The van der Waals surface area contributed by atoms with E-state index in [4.69, 9.17) is 17.0 Å². The molecule has 4 rings (SSSR count). The number of halogens is 2. The first-order valence-corrected chi connectivity index (χ1v) is 8.67. The highest BCUT2D eigenvalue weighted by Crippen LogP contribution is 2.28. The number of aryl methyl sites for hydroxylation is 1. The largest absolute Gasteiger partial charge is 0.436 e. The molecule has 0 atom stereocenters. The Kier molecular flexibility index (Phi) is 4.84. The van der Waals surface area contributed by atoms with Crippen LogP contribution in [0.5, 0.6) is 11.6 Å². The van der Waals surface area contributed by atoms with Crippen molar-refractivity contribution in [1.82, 2.24) is 9.97 Å². The maximum Gasteiger partial charge on any atom is 0.340 e. The molecule has 3 heterocycles. The van der Waals surface area contributed by atoms with E-state index in [2.05, 4.69) is 9.97 Å². The third-order valence-electron chi connectivity index (χ3n) is 4.56. The van der Waals surface area contributed by atoms with Crippen LogP contribution in [-0.2, 0) is 6.42 Å². The van der Waals surface area contributed by atoms with Gasteiger partial charge in [0.25, 0.3) is 5.88 Å². The van der Waals surface area contributed by atoms with Crippen LogP contribution in [0.25, 0.3) is 11.0 Å². The first kappa shape index (κ1) is 18.8. The number of aromatic nitrogens is 2. The van der Waals surface area contributed by atoms with E-state index in [1.165, 1.54) is 36.7 Å². The first-order valence-electron chi connectivity index (χ1n) is 8.67. The summed E-state index contributed by atoms with van der Waals surface area (Å²) in [7, 11) is 5.50. The Morgan fingerprint density at radius 1 is 1.14 bits per heavy atom. The van der Waals surface area contributed by atoms with Gasteiger partial charge in [-0.3, -0.25) is 4.98 Å². The minimum absolute atomic E-state index is 0.0139. The third kappa shape index (κ3) is 3.61. The van der Waals surface area contributed by atoms with Crippen LogP contribution in [0.2, 0.25) is 0 Å². The molecule has 0 saturated heterocycles. The molecule has 5 nitrogen and oxygen atoms in total. The van der Waals surface area contributed by atoms with Crippen molar-refractivity contribution >= 4 is 24.4 Å². The number of fused-ring (bicyclic) bond motifs is 1. The lowest BCUT2D eigenvalue weighted by atomic mass is 9.95. The zero-order valence-corrected chi connectivity index (χ0v) is 15.3. The van der Waals surface area contributed by atoms with Crippen molar-refractivity contribution in [3.8, 4) is 11.6 Å². The highest BCUT2D eigenvalue weighted by molar-refractivity contribution is 6.30. The molecular weight excluding hydrogens is 377 g/mol. The number of hydrogen-bond acceptors (Lipinski definition) is 5. The minimum Gasteiger partial charge on any atom is -0.436 e. The summed E-state index contributed by atoms with van der Waals surface area (Å²) in [5.74, 6) is -1.20. The maximum absolute atomic E-state index is 14.2. The molecule has 0 N–H and O–H groups in total. The van der Waals surface area contributed by atoms with E-state index in [0.717, 1.165) is 0 Å². The number of hydrogen-bond donors (Lipinski definition) is 0. The summed E-state index contributed by atoms with van der Waals surface area (Å²) in [5, 5.41) is 0.649. The van der Waals surface area contributed by atoms with Crippen molar-refractivity contribution in [2.75, 3.05) is 0 Å². The van der Waals surface area contributed by atoms with Crippen LogP contribution in [0.3, 0.4) is 0 Å². The van der Waals surface area contributed by atoms with Crippen LogP contribution in [-0.4, -0.2) is 17.8 Å². The smallest absolute Gasteiger partial charge is 0.340 e. The average molecular weight is 390 g/mol. The van der Waals surface area contributed by atoms with Gasteiger partial charge in [0.15, 0.2) is 5.82 Å². The lowest BCUT2D eigenvalue weighted by molar-refractivity contribution is 0.422. The Morgan fingerprint density at radius 2 is 1.97 bits per heavy atom. The molecule has 0 bridgehead atoms. The lowest BCUT2D eigenvalue weighted by Gasteiger charge is -2.11. The Balaban J connectivity index is 1.73. The Hall–Kier alpha value is -3.55. The van der Waals surface area contributed by atoms with Gasteiger partial charge >= 0.3 is 5.63 Å². The van der Waals surface area contributed by atoms with Gasteiger partial charge in [-0.15, -0.1) is 0 Å². The molecule has 0 spiro atoms. The predicted octanol–water partition coefficient (Wildman–Crippen LogP) is 3.35. The van der Waals surface area contributed by atoms with Crippen LogP contribution in [0.4, 0.5) is 8.78 Å². The molecule has 142 valence electrons. The summed E-state index contributed by atoms with van der Waals surface area (Å²) in [5.41, 5.74) is 0.630. The van der Waals surface area contributed by atoms with Gasteiger partial charge in [-0.1, -0.05) is 0 Å². The van der Waals surface area contributed by atoms with Gasteiger partial charge in [0.1, 0.15) is 25.0 Å². The molecule has 3 aromatic heterocycles.